The molecule has 4 rings (SSSR count). The Labute approximate surface area is 179 Å². The zero-order chi connectivity index (χ0) is 20.8. The number of carbonyl (C=O) groups excluding carboxylic acids is 1. The summed E-state index contributed by atoms with van der Waals surface area (Å²) in [4.78, 5) is 12.6. The number of carbonyl (C=O) groups is 1. The maximum atomic E-state index is 12.6. The normalized spacial score (nSPS) is 15.4. The van der Waals surface area contributed by atoms with Gasteiger partial charge in [0.15, 0.2) is 10.9 Å². The Balaban J connectivity index is 1.49. The highest BCUT2D eigenvalue weighted by atomic mass is 32.2. The predicted molar refractivity (Wildman–Crippen MR) is 114 cm³/mol. The van der Waals surface area contributed by atoms with E-state index in [1.807, 2.05) is 47.0 Å². The van der Waals surface area contributed by atoms with Crippen LogP contribution >= 0.6 is 11.8 Å². The fraction of sp³-hybridized carbons (Fsp3) is 0.364. The van der Waals surface area contributed by atoms with Gasteiger partial charge in [-0.05, 0) is 30.5 Å². The first-order valence-electron chi connectivity index (χ1n) is 10.1. The van der Waals surface area contributed by atoms with Gasteiger partial charge < -0.3 is 9.73 Å². The van der Waals surface area contributed by atoms with Crippen LogP contribution in [0.25, 0.3) is 11.6 Å². The lowest BCUT2D eigenvalue weighted by Crippen LogP contribution is -2.49. The van der Waals surface area contributed by atoms with E-state index in [9.17, 15) is 10.1 Å². The van der Waals surface area contributed by atoms with E-state index in [0.29, 0.717) is 36.1 Å². The quantitative estimate of drug-likeness (QED) is 0.579. The SMILES string of the molecule is N#CC1(NC(=O)CSc2nnc(-c3ccco3)n2Cc2ccccc2)CCCCC1. The van der Waals surface area contributed by atoms with Crippen molar-refractivity contribution in [1.29, 1.82) is 5.26 Å². The molecule has 1 fully saturated rings. The van der Waals surface area contributed by atoms with E-state index in [-0.39, 0.29) is 11.7 Å². The minimum atomic E-state index is -0.729. The van der Waals surface area contributed by atoms with Crippen LogP contribution in [0, 0.1) is 11.3 Å². The summed E-state index contributed by atoms with van der Waals surface area (Å²) in [6, 6.07) is 16.0. The maximum Gasteiger partial charge on any atom is 0.231 e. The molecule has 0 unspecified atom stereocenters. The van der Waals surface area contributed by atoms with E-state index in [1.165, 1.54) is 11.8 Å². The minimum Gasteiger partial charge on any atom is -0.461 e. The molecule has 154 valence electrons. The zero-order valence-electron chi connectivity index (χ0n) is 16.6. The molecule has 1 amide bonds. The van der Waals surface area contributed by atoms with Gasteiger partial charge in [-0.3, -0.25) is 9.36 Å². The molecule has 1 N–H and O–H groups in total. The second-order valence-corrected chi connectivity index (χ2v) is 8.39. The number of nitriles is 1. The molecule has 1 saturated carbocycles. The fourth-order valence-corrected chi connectivity index (χ4v) is 4.48. The first-order valence-corrected chi connectivity index (χ1v) is 11.0. The number of rotatable bonds is 7. The Kier molecular flexibility index (Phi) is 6.19. The molecule has 30 heavy (non-hydrogen) atoms. The first-order chi connectivity index (χ1) is 14.7. The number of hydrogen-bond acceptors (Lipinski definition) is 6. The van der Waals surface area contributed by atoms with Crippen molar-refractivity contribution in [3.05, 3.63) is 54.3 Å². The fourth-order valence-electron chi connectivity index (χ4n) is 3.75. The third-order valence-corrected chi connectivity index (χ3v) is 6.24. The Morgan fingerprint density at radius 1 is 1.17 bits per heavy atom. The van der Waals surface area contributed by atoms with Crippen molar-refractivity contribution in [1.82, 2.24) is 20.1 Å². The Bertz CT molecular complexity index is 1020. The number of nitrogens with one attached hydrogen (secondary N) is 1. The van der Waals surface area contributed by atoms with Crippen LogP contribution in [-0.4, -0.2) is 32.0 Å². The lowest BCUT2D eigenvalue weighted by atomic mass is 9.83. The summed E-state index contributed by atoms with van der Waals surface area (Å²) in [5.41, 5.74) is 0.370. The molecule has 1 aromatic carbocycles. The van der Waals surface area contributed by atoms with Gasteiger partial charge in [0.1, 0.15) is 5.54 Å². The van der Waals surface area contributed by atoms with Crippen molar-refractivity contribution in [3.63, 3.8) is 0 Å². The van der Waals surface area contributed by atoms with Crippen LogP contribution in [0.1, 0.15) is 37.7 Å². The average Bonchev–Trinajstić information content (AvgIpc) is 3.44. The molecule has 1 aliphatic rings. The third-order valence-electron chi connectivity index (χ3n) is 5.27. The summed E-state index contributed by atoms with van der Waals surface area (Å²) in [7, 11) is 0. The Hall–Kier alpha value is -3.05. The second-order valence-electron chi connectivity index (χ2n) is 7.45. The molecular weight excluding hydrogens is 398 g/mol. The van der Waals surface area contributed by atoms with E-state index in [4.69, 9.17) is 4.42 Å². The van der Waals surface area contributed by atoms with Crippen LogP contribution in [0.3, 0.4) is 0 Å². The molecule has 2 aromatic heterocycles. The number of amides is 1. The number of thioether (sulfide) groups is 1. The highest BCUT2D eigenvalue weighted by Gasteiger charge is 2.33. The van der Waals surface area contributed by atoms with Crippen molar-refractivity contribution in [3.8, 4) is 17.7 Å². The van der Waals surface area contributed by atoms with Gasteiger partial charge in [0.25, 0.3) is 0 Å². The average molecular weight is 422 g/mol. The van der Waals surface area contributed by atoms with Gasteiger partial charge in [0.2, 0.25) is 11.7 Å². The van der Waals surface area contributed by atoms with Gasteiger partial charge in [0.05, 0.1) is 24.6 Å². The number of furan rings is 1. The van der Waals surface area contributed by atoms with Crippen molar-refractivity contribution in [2.45, 2.75) is 49.3 Å². The van der Waals surface area contributed by atoms with E-state index < -0.39 is 5.54 Å². The van der Waals surface area contributed by atoms with E-state index in [2.05, 4.69) is 21.6 Å². The van der Waals surface area contributed by atoms with Gasteiger partial charge in [-0.15, -0.1) is 10.2 Å². The van der Waals surface area contributed by atoms with E-state index >= 15 is 0 Å². The van der Waals surface area contributed by atoms with Gasteiger partial charge >= 0.3 is 0 Å². The molecule has 0 atom stereocenters. The van der Waals surface area contributed by atoms with Gasteiger partial charge in [-0.25, -0.2) is 0 Å². The summed E-state index contributed by atoms with van der Waals surface area (Å²) in [6.07, 6.45) is 6.09. The standard InChI is InChI=1S/C22H23N5O2S/c23-16-22(11-5-2-6-12-22)24-19(28)15-30-21-26-25-20(18-10-7-13-29-18)27(21)14-17-8-3-1-4-9-17/h1,3-4,7-10,13H,2,5-6,11-12,14-15H2,(H,24,28). The van der Waals surface area contributed by atoms with E-state index in [1.54, 1.807) is 6.26 Å². The van der Waals surface area contributed by atoms with Gasteiger partial charge in [0, 0.05) is 0 Å². The molecule has 0 radical (unpaired) electrons. The molecule has 0 spiro atoms. The summed E-state index contributed by atoms with van der Waals surface area (Å²) < 4.78 is 7.47. The molecule has 0 bridgehead atoms. The topological polar surface area (TPSA) is 96.7 Å². The van der Waals surface area contributed by atoms with Crippen molar-refractivity contribution >= 4 is 17.7 Å². The minimum absolute atomic E-state index is 0.155. The number of benzene rings is 1. The largest absolute Gasteiger partial charge is 0.461 e. The Morgan fingerprint density at radius 3 is 2.67 bits per heavy atom. The molecular formula is C22H23N5O2S. The Morgan fingerprint density at radius 2 is 1.97 bits per heavy atom. The second kappa shape index (κ2) is 9.18. The number of hydrogen-bond donors (Lipinski definition) is 1. The van der Waals surface area contributed by atoms with E-state index in [0.717, 1.165) is 24.8 Å². The highest BCUT2D eigenvalue weighted by Crippen LogP contribution is 2.29. The lowest BCUT2D eigenvalue weighted by Gasteiger charge is -2.31. The van der Waals surface area contributed by atoms with Crippen LogP contribution in [0.5, 0.6) is 0 Å². The maximum absolute atomic E-state index is 12.6. The molecule has 8 heteroatoms. The molecule has 7 nitrogen and oxygen atoms in total. The third kappa shape index (κ3) is 4.57. The zero-order valence-corrected chi connectivity index (χ0v) is 17.4. The molecule has 1 aliphatic carbocycles. The van der Waals surface area contributed by atoms with Crippen LogP contribution < -0.4 is 5.32 Å². The number of nitrogens with zero attached hydrogens (tertiary/aromatic N) is 4. The predicted octanol–water partition coefficient (Wildman–Crippen LogP) is 4.02. The van der Waals surface area contributed by atoms with Crippen LogP contribution in [-0.2, 0) is 11.3 Å². The van der Waals surface area contributed by atoms with Crippen molar-refractivity contribution < 1.29 is 9.21 Å². The lowest BCUT2D eigenvalue weighted by molar-refractivity contribution is -0.120. The monoisotopic (exact) mass is 421 g/mol. The molecule has 3 aromatic rings. The molecule has 0 saturated heterocycles. The van der Waals surface area contributed by atoms with Crippen LogP contribution in [0.15, 0.2) is 58.3 Å². The highest BCUT2D eigenvalue weighted by molar-refractivity contribution is 7.99. The molecule has 2 heterocycles. The van der Waals surface area contributed by atoms with Gasteiger partial charge in [-0.2, -0.15) is 5.26 Å². The van der Waals surface area contributed by atoms with Gasteiger partial charge in [-0.1, -0.05) is 61.4 Å². The number of aromatic nitrogens is 3. The summed E-state index contributed by atoms with van der Waals surface area (Å²) in [6.45, 7) is 0.565. The summed E-state index contributed by atoms with van der Waals surface area (Å²) in [5.74, 6) is 1.26. The summed E-state index contributed by atoms with van der Waals surface area (Å²) in [5, 5.41) is 21.8. The first kappa shape index (κ1) is 20.2. The van der Waals surface area contributed by atoms with Crippen LogP contribution in [0.4, 0.5) is 0 Å². The van der Waals surface area contributed by atoms with Crippen molar-refractivity contribution in [2.24, 2.45) is 0 Å². The van der Waals surface area contributed by atoms with Crippen LogP contribution in [0.2, 0.25) is 0 Å². The van der Waals surface area contributed by atoms with Crippen molar-refractivity contribution in [2.75, 3.05) is 5.75 Å². The molecule has 0 aliphatic heterocycles. The summed E-state index contributed by atoms with van der Waals surface area (Å²) >= 11 is 1.32. The smallest absolute Gasteiger partial charge is 0.231 e.